The predicted octanol–water partition coefficient (Wildman–Crippen LogP) is 3.48. The van der Waals surface area contributed by atoms with Crippen LogP contribution in [0.5, 0.6) is 0 Å². The molecule has 1 unspecified atom stereocenters. The molecule has 0 radical (unpaired) electrons. The monoisotopic (exact) mass is 619 g/mol. The normalized spacial score (nSPS) is 16.7. The number of nitrogens with two attached hydrogens (primary N) is 1. The molecule has 0 amide bonds. The summed E-state index contributed by atoms with van der Waals surface area (Å²) in [4.78, 5) is 46.1. The third-order valence-electron chi connectivity index (χ3n) is 6.20. The van der Waals surface area contributed by atoms with Crippen LogP contribution in [-0.2, 0) is 25.6 Å². The molecule has 2 aromatic carbocycles. The molecule has 0 aromatic heterocycles. The van der Waals surface area contributed by atoms with Gasteiger partial charge in [0.1, 0.15) is 0 Å². The Labute approximate surface area is 252 Å². The minimum absolute atomic E-state index is 0.400. The second-order valence-corrected chi connectivity index (χ2v) is 10.7. The van der Waals surface area contributed by atoms with Crippen LogP contribution < -0.4 is 5.73 Å². The minimum Gasteiger partial charge on any atom is -0.478 e. The van der Waals surface area contributed by atoms with Gasteiger partial charge in [0.05, 0.1) is 0 Å². The number of piperazine rings is 1. The highest BCUT2D eigenvalue weighted by Crippen LogP contribution is 2.43. The minimum atomic E-state index is -1.26. The fourth-order valence-electron chi connectivity index (χ4n) is 4.31. The van der Waals surface area contributed by atoms with E-state index in [4.69, 9.17) is 37.8 Å². The van der Waals surface area contributed by atoms with E-state index in [1.807, 2.05) is 17.8 Å². The van der Waals surface area contributed by atoms with Gasteiger partial charge in [0.15, 0.2) is 0 Å². The first-order valence-corrected chi connectivity index (χ1v) is 14.2. The smallest absolute Gasteiger partial charge is 0.328 e. The molecule has 42 heavy (non-hydrogen) atoms. The van der Waals surface area contributed by atoms with Crippen molar-refractivity contribution in [1.82, 2.24) is 9.80 Å². The molecule has 1 saturated heterocycles. The number of hydrogen-bond donors (Lipinski definition) is 5. The van der Waals surface area contributed by atoms with Crippen LogP contribution in [0.15, 0.2) is 76.6 Å². The van der Waals surface area contributed by atoms with Gasteiger partial charge in [-0.3, -0.25) is 4.90 Å². The maximum atomic E-state index is 9.55. The number of fused-ring (bicyclic) bond motifs is 2. The van der Waals surface area contributed by atoms with Crippen molar-refractivity contribution in [3.05, 3.63) is 82.9 Å². The number of carboxylic acid groups (broad SMARTS) is 4. The van der Waals surface area contributed by atoms with Crippen molar-refractivity contribution in [1.29, 1.82) is 0 Å². The van der Waals surface area contributed by atoms with Crippen LogP contribution in [0.4, 0.5) is 0 Å². The molecule has 2 heterocycles. The SMILES string of the molecule is NCCCN1CCN(C2Cc3ccccc3Sc3ccc(Cl)cc32)CC1.O=C(O)/C=C\C(=O)O.O=C(O)/C=C\C(=O)O. The molecular weight excluding hydrogens is 586 g/mol. The Morgan fingerprint density at radius 3 is 1.90 bits per heavy atom. The van der Waals surface area contributed by atoms with Crippen LogP contribution >= 0.6 is 23.4 Å². The van der Waals surface area contributed by atoms with Crippen LogP contribution in [0.25, 0.3) is 0 Å². The van der Waals surface area contributed by atoms with Gasteiger partial charge in [-0.25, -0.2) is 19.2 Å². The zero-order valence-corrected chi connectivity index (χ0v) is 24.3. The van der Waals surface area contributed by atoms with Crippen molar-refractivity contribution in [2.75, 3.05) is 39.3 Å². The topological polar surface area (TPSA) is 182 Å². The number of aliphatic carboxylic acids is 4. The summed E-state index contributed by atoms with van der Waals surface area (Å²) < 4.78 is 0. The molecule has 2 aromatic rings. The molecule has 226 valence electrons. The van der Waals surface area contributed by atoms with E-state index in [1.165, 1.54) is 20.9 Å². The molecule has 1 fully saturated rings. The Kier molecular flexibility index (Phi) is 14.8. The summed E-state index contributed by atoms with van der Waals surface area (Å²) in [5.74, 6) is -5.03. The quantitative estimate of drug-likeness (QED) is 0.272. The van der Waals surface area contributed by atoms with Crippen LogP contribution in [0.1, 0.15) is 23.6 Å². The summed E-state index contributed by atoms with van der Waals surface area (Å²) in [6.45, 7) is 6.36. The Morgan fingerprint density at radius 2 is 1.38 bits per heavy atom. The van der Waals surface area contributed by atoms with Crippen LogP contribution in [0.2, 0.25) is 5.02 Å². The van der Waals surface area contributed by atoms with E-state index >= 15 is 0 Å². The van der Waals surface area contributed by atoms with Crippen LogP contribution in [0.3, 0.4) is 0 Å². The van der Waals surface area contributed by atoms with Gasteiger partial charge >= 0.3 is 23.9 Å². The second-order valence-electron chi connectivity index (χ2n) is 9.15. The predicted molar refractivity (Wildman–Crippen MR) is 159 cm³/mol. The molecule has 0 bridgehead atoms. The Balaban J connectivity index is 0.000000319. The summed E-state index contributed by atoms with van der Waals surface area (Å²) in [6, 6.07) is 15.6. The molecule has 0 aliphatic carbocycles. The lowest BCUT2D eigenvalue weighted by Gasteiger charge is -2.39. The maximum Gasteiger partial charge on any atom is 0.328 e. The van der Waals surface area contributed by atoms with Crippen molar-refractivity contribution in [2.45, 2.75) is 28.7 Å². The van der Waals surface area contributed by atoms with E-state index in [1.54, 1.807) is 0 Å². The third kappa shape index (κ3) is 12.5. The first-order chi connectivity index (χ1) is 20.0. The molecule has 4 rings (SSSR count). The number of hydrogen-bond acceptors (Lipinski definition) is 8. The average Bonchev–Trinajstić information content (AvgIpc) is 3.11. The summed E-state index contributed by atoms with van der Waals surface area (Å²) in [5, 5.41) is 32.1. The van der Waals surface area contributed by atoms with Gasteiger partial charge in [-0.2, -0.15) is 0 Å². The number of rotatable bonds is 8. The van der Waals surface area contributed by atoms with E-state index < -0.39 is 23.9 Å². The van der Waals surface area contributed by atoms with E-state index in [2.05, 4.69) is 46.2 Å². The van der Waals surface area contributed by atoms with Gasteiger partial charge in [-0.05, 0) is 61.3 Å². The van der Waals surface area contributed by atoms with Crippen molar-refractivity contribution in [3.63, 3.8) is 0 Å². The highest BCUT2D eigenvalue weighted by molar-refractivity contribution is 7.99. The van der Waals surface area contributed by atoms with Gasteiger partial charge in [0.25, 0.3) is 0 Å². The number of carboxylic acids is 4. The highest BCUT2D eigenvalue weighted by Gasteiger charge is 2.30. The van der Waals surface area contributed by atoms with Gasteiger partial charge in [-0.1, -0.05) is 41.6 Å². The lowest BCUT2D eigenvalue weighted by Crippen LogP contribution is -2.48. The molecule has 6 N–H and O–H groups in total. The van der Waals surface area contributed by atoms with Crippen LogP contribution in [0, 0.1) is 0 Å². The summed E-state index contributed by atoms with van der Waals surface area (Å²) >= 11 is 8.26. The van der Waals surface area contributed by atoms with Crippen molar-refractivity contribution >= 4 is 47.2 Å². The fourth-order valence-corrected chi connectivity index (χ4v) is 5.60. The zero-order chi connectivity index (χ0) is 31.1. The summed E-state index contributed by atoms with van der Waals surface area (Å²) in [7, 11) is 0. The molecule has 13 heteroatoms. The third-order valence-corrected chi connectivity index (χ3v) is 7.64. The van der Waals surface area contributed by atoms with Gasteiger partial charge in [0.2, 0.25) is 0 Å². The fraction of sp³-hybridized carbons (Fsp3) is 0.310. The maximum absolute atomic E-state index is 9.55. The van der Waals surface area contributed by atoms with E-state index in [0.29, 0.717) is 30.3 Å². The molecule has 0 saturated carbocycles. The summed E-state index contributed by atoms with van der Waals surface area (Å²) in [5.41, 5.74) is 8.50. The Hall–Kier alpha value is -3.68. The number of benzene rings is 2. The van der Waals surface area contributed by atoms with Crippen molar-refractivity contribution in [3.8, 4) is 0 Å². The van der Waals surface area contributed by atoms with Gasteiger partial charge in [0, 0.05) is 71.3 Å². The molecule has 1 atom stereocenters. The molecule has 2 aliphatic heterocycles. The van der Waals surface area contributed by atoms with E-state index in [-0.39, 0.29) is 0 Å². The van der Waals surface area contributed by atoms with Crippen LogP contribution in [-0.4, -0.2) is 93.4 Å². The standard InChI is InChI=1S/C21H26ClN3S.2C4H4O4/c22-17-6-7-21-18(15-17)19(14-16-4-1-2-5-20(16)26-21)25-12-10-24(11-13-25)9-3-8-23;2*5-3(6)1-2-4(7)8/h1-2,4-7,15,19H,3,8-14,23H2;2*1-2H,(H,5,6)(H,7,8)/b;2*2-1-. The number of nitrogens with zero attached hydrogens (tertiary/aromatic N) is 2. The Morgan fingerprint density at radius 1 is 0.833 bits per heavy atom. The van der Waals surface area contributed by atoms with Crippen molar-refractivity contribution < 1.29 is 39.6 Å². The molecule has 2 aliphatic rings. The van der Waals surface area contributed by atoms with E-state index in [9.17, 15) is 19.2 Å². The Bertz CT molecular complexity index is 1230. The van der Waals surface area contributed by atoms with E-state index in [0.717, 1.165) is 57.1 Å². The van der Waals surface area contributed by atoms with Crippen molar-refractivity contribution in [2.24, 2.45) is 5.73 Å². The highest BCUT2D eigenvalue weighted by atomic mass is 35.5. The number of halogens is 1. The average molecular weight is 620 g/mol. The first-order valence-electron chi connectivity index (χ1n) is 13.0. The van der Waals surface area contributed by atoms with Gasteiger partial charge in [-0.15, -0.1) is 0 Å². The lowest BCUT2D eigenvalue weighted by molar-refractivity contribution is -0.134. The molecule has 11 nitrogen and oxygen atoms in total. The lowest BCUT2D eigenvalue weighted by atomic mass is 9.96. The second kappa shape index (κ2) is 18.0. The molecular formula is C29H34ClN3O8S. The summed E-state index contributed by atoms with van der Waals surface area (Å²) in [6.07, 6.45) is 4.38. The first kappa shape index (κ1) is 34.5. The largest absolute Gasteiger partial charge is 0.478 e. The zero-order valence-electron chi connectivity index (χ0n) is 22.8. The van der Waals surface area contributed by atoms with Gasteiger partial charge < -0.3 is 31.1 Å². The molecule has 0 spiro atoms. The number of carbonyl (C=O) groups is 4.